The number of hydrogen-bond donors (Lipinski definition) is 2. The second-order valence-electron chi connectivity index (χ2n) is 5.70. The molecule has 0 fully saturated rings. The first-order chi connectivity index (χ1) is 10.6. The number of nitrogens with one attached hydrogen (secondary N) is 1. The zero-order valence-corrected chi connectivity index (χ0v) is 15.9. The molecule has 1 aromatic carbocycles. The molecule has 0 aromatic heterocycles. The fraction of sp³-hybridized carbons (Fsp3) is 0.500. The number of amides is 1. The van der Waals surface area contributed by atoms with Crippen LogP contribution < -0.4 is 20.7 Å². The largest absolute Gasteiger partial charge is 0.482 e. The normalized spacial score (nSPS) is 14.1. The Balaban J connectivity index is 0.00000264. The SMILES string of the molecule is CC(C)CN=C(N)NCCCN1C(=O)COc2ccccc21.I. The van der Waals surface area contributed by atoms with Crippen molar-refractivity contribution in [2.75, 3.05) is 31.1 Å². The van der Waals surface area contributed by atoms with Crippen LogP contribution in [0.15, 0.2) is 29.3 Å². The minimum absolute atomic E-state index is 0. The first kappa shape index (κ1) is 19.5. The van der Waals surface area contributed by atoms with E-state index in [4.69, 9.17) is 10.5 Å². The molecular weight excluding hydrogens is 407 g/mol. The third-order valence-electron chi connectivity index (χ3n) is 3.30. The van der Waals surface area contributed by atoms with Crippen LogP contribution in [0.5, 0.6) is 5.75 Å². The Labute approximate surface area is 154 Å². The van der Waals surface area contributed by atoms with Crippen LogP contribution in [0.3, 0.4) is 0 Å². The van der Waals surface area contributed by atoms with Crippen LogP contribution in [0.4, 0.5) is 5.69 Å². The summed E-state index contributed by atoms with van der Waals surface area (Å²) in [5.41, 5.74) is 6.62. The van der Waals surface area contributed by atoms with E-state index >= 15 is 0 Å². The lowest BCUT2D eigenvalue weighted by atomic mass is 10.2. The summed E-state index contributed by atoms with van der Waals surface area (Å²) in [6.07, 6.45) is 0.790. The number of carbonyl (C=O) groups excluding carboxylic acids is 1. The highest BCUT2D eigenvalue weighted by Crippen LogP contribution is 2.31. The van der Waals surface area contributed by atoms with Gasteiger partial charge in [0.2, 0.25) is 0 Å². The van der Waals surface area contributed by atoms with Gasteiger partial charge in [-0.2, -0.15) is 0 Å². The van der Waals surface area contributed by atoms with Crippen molar-refractivity contribution in [2.24, 2.45) is 16.6 Å². The average molecular weight is 432 g/mol. The van der Waals surface area contributed by atoms with E-state index < -0.39 is 0 Å². The molecule has 0 unspecified atom stereocenters. The molecule has 0 spiro atoms. The standard InChI is InChI=1S/C16H24N4O2.HI/c1-12(2)10-19-16(17)18-8-5-9-20-13-6-3-4-7-14(13)22-11-15(20)21;/h3-4,6-7,12H,5,8-11H2,1-2H3,(H3,17,18,19);1H. The van der Waals surface area contributed by atoms with Gasteiger partial charge in [-0.25, -0.2) is 0 Å². The Kier molecular flexibility index (Phi) is 8.15. The molecule has 1 amide bonds. The molecule has 23 heavy (non-hydrogen) atoms. The fourth-order valence-electron chi connectivity index (χ4n) is 2.19. The summed E-state index contributed by atoms with van der Waals surface area (Å²) in [6, 6.07) is 7.59. The highest BCUT2D eigenvalue weighted by Gasteiger charge is 2.24. The van der Waals surface area contributed by atoms with Crippen LogP contribution in [0.2, 0.25) is 0 Å². The average Bonchev–Trinajstić information content (AvgIpc) is 2.51. The third-order valence-corrected chi connectivity index (χ3v) is 3.30. The van der Waals surface area contributed by atoms with E-state index in [1.54, 1.807) is 4.90 Å². The minimum atomic E-state index is -0.0138. The third kappa shape index (κ3) is 5.89. The van der Waals surface area contributed by atoms with Gasteiger partial charge in [0.05, 0.1) is 5.69 Å². The van der Waals surface area contributed by atoms with Gasteiger partial charge in [0.15, 0.2) is 12.6 Å². The number of nitrogens with zero attached hydrogens (tertiary/aromatic N) is 2. The number of carbonyl (C=O) groups is 1. The highest BCUT2D eigenvalue weighted by atomic mass is 127. The predicted octanol–water partition coefficient (Wildman–Crippen LogP) is 1.98. The van der Waals surface area contributed by atoms with Gasteiger partial charge >= 0.3 is 0 Å². The van der Waals surface area contributed by atoms with Crippen molar-refractivity contribution in [1.82, 2.24) is 5.32 Å². The van der Waals surface area contributed by atoms with E-state index in [1.807, 2.05) is 24.3 Å². The van der Waals surface area contributed by atoms with E-state index in [1.165, 1.54) is 0 Å². The second-order valence-corrected chi connectivity index (χ2v) is 5.70. The maximum absolute atomic E-state index is 12.0. The lowest BCUT2D eigenvalue weighted by Gasteiger charge is -2.29. The Morgan fingerprint density at radius 3 is 2.91 bits per heavy atom. The zero-order chi connectivity index (χ0) is 15.9. The summed E-state index contributed by atoms with van der Waals surface area (Å²) in [5, 5.41) is 3.07. The molecular formula is C16H25IN4O2. The molecule has 1 aliphatic heterocycles. The monoisotopic (exact) mass is 432 g/mol. The van der Waals surface area contributed by atoms with E-state index in [0.29, 0.717) is 31.5 Å². The van der Waals surface area contributed by atoms with Gasteiger partial charge in [0.25, 0.3) is 5.91 Å². The molecule has 0 saturated heterocycles. The van der Waals surface area contributed by atoms with Gasteiger partial charge in [-0.05, 0) is 24.5 Å². The second kappa shape index (κ2) is 9.59. The number of ether oxygens (including phenoxy) is 1. The summed E-state index contributed by atoms with van der Waals surface area (Å²) in [7, 11) is 0. The summed E-state index contributed by atoms with van der Waals surface area (Å²) in [6.45, 7) is 6.32. The topological polar surface area (TPSA) is 80.0 Å². The van der Waals surface area contributed by atoms with Crippen LogP contribution >= 0.6 is 24.0 Å². The Hall–Kier alpha value is -1.51. The summed E-state index contributed by atoms with van der Waals surface area (Å²) >= 11 is 0. The number of hydrogen-bond acceptors (Lipinski definition) is 3. The number of rotatable bonds is 6. The molecule has 0 atom stereocenters. The van der Waals surface area contributed by atoms with E-state index in [9.17, 15) is 4.79 Å². The molecule has 1 heterocycles. The number of anilines is 1. The number of guanidine groups is 1. The molecule has 0 aliphatic carbocycles. The molecule has 0 bridgehead atoms. The summed E-state index contributed by atoms with van der Waals surface area (Å²) < 4.78 is 5.42. The Morgan fingerprint density at radius 1 is 1.43 bits per heavy atom. The van der Waals surface area contributed by atoms with Crippen LogP contribution in [0, 0.1) is 5.92 Å². The van der Waals surface area contributed by atoms with Gasteiger partial charge in [0.1, 0.15) is 5.75 Å². The number of benzene rings is 1. The molecule has 1 aliphatic rings. The van der Waals surface area contributed by atoms with Crippen LogP contribution in [-0.2, 0) is 4.79 Å². The van der Waals surface area contributed by atoms with Gasteiger partial charge in [-0.15, -0.1) is 24.0 Å². The van der Waals surface area contributed by atoms with Crippen molar-refractivity contribution in [3.8, 4) is 5.75 Å². The maximum Gasteiger partial charge on any atom is 0.265 e. The molecule has 2 rings (SSSR count). The first-order valence-electron chi connectivity index (χ1n) is 7.64. The predicted molar refractivity (Wildman–Crippen MR) is 104 cm³/mol. The van der Waals surface area contributed by atoms with Crippen molar-refractivity contribution < 1.29 is 9.53 Å². The summed E-state index contributed by atoms with van der Waals surface area (Å²) in [5.74, 6) is 1.69. The maximum atomic E-state index is 12.0. The summed E-state index contributed by atoms with van der Waals surface area (Å²) in [4.78, 5) is 18.0. The fourth-order valence-corrected chi connectivity index (χ4v) is 2.19. The van der Waals surface area contributed by atoms with Gasteiger partial charge in [-0.1, -0.05) is 26.0 Å². The number of aliphatic imine (C=N–C) groups is 1. The minimum Gasteiger partial charge on any atom is -0.482 e. The lowest BCUT2D eigenvalue weighted by Crippen LogP contribution is -2.41. The molecule has 7 heteroatoms. The van der Waals surface area contributed by atoms with Crippen molar-refractivity contribution in [3.05, 3.63) is 24.3 Å². The van der Waals surface area contributed by atoms with Gasteiger partial charge < -0.3 is 20.7 Å². The van der Waals surface area contributed by atoms with Crippen LogP contribution in [0.25, 0.3) is 0 Å². The van der Waals surface area contributed by atoms with E-state index in [2.05, 4.69) is 24.2 Å². The molecule has 0 radical (unpaired) electrons. The molecule has 1 aromatic rings. The first-order valence-corrected chi connectivity index (χ1v) is 7.64. The molecule has 6 nitrogen and oxygen atoms in total. The number of fused-ring (bicyclic) bond motifs is 1. The van der Waals surface area contributed by atoms with Crippen LogP contribution in [-0.4, -0.2) is 38.1 Å². The Bertz CT molecular complexity index is 549. The molecule has 3 N–H and O–H groups in total. The quantitative estimate of drug-likeness (QED) is 0.312. The van der Waals surface area contributed by atoms with Crippen molar-refractivity contribution >= 4 is 41.5 Å². The van der Waals surface area contributed by atoms with Gasteiger partial charge in [0, 0.05) is 19.6 Å². The number of halogens is 1. The van der Waals surface area contributed by atoms with Crippen LogP contribution in [0.1, 0.15) is 20.3 Å². The smallest absolute Gasteiger partial charge is 0.265 e. The van der Waals surface area contributed by atoms with Crippen molar-refractivity contribution in [2.45, 2.75) is 20.3 Å². The Morgan fingerprint density at radius 2 is 2.17 bits per heavy atom. The van der Waals surface area contributed by atoms with Gasteiger partial charge in [-0.3, -0.25) is 9.79 Å². The van der Waals surface area contributed by atoms with Crippen molar-refractivity contribution in [1.29, 1.82) is 0 Å². The molecule has 128 valence electrons. The zero-order valence-electron chi connectivity index (χ0n) is 13.6. The number of nitrogens with two attached hydrogens (primary N) is 1. The molecule has 0 saturated carbocycles. The van der Waals surface area contributed by atoms with E-state index in [-0.39, 0.29) is 36.5 Å². The number of para-hydroxylation sites is 2. The lowest BCUT2D eigenvalue weighted by molar-refractivity contribution is -0.121. The van der Waals surface area contributed by atoms with Crippen molar-refractivity contribution in [3.63, 3.8) is 0 Å². The van der Waals surface area contributed by atoms with E-state index in [0.717, 1.165) is 17.9 Å². The highest BCUT2D eigenvalue weighted by molar-refractivity contribution is 14.0.